The number of rotatable bonds is 3. The van der Waals surface area contributed by atoms with E-state index in [-0.39, 0.29) is 29.6 Å². The molecule has 0 unspecified atom stereocenters. The molecule has 2 fully saturated rings. The van der Waals surface area contributed by atoms with Crippen LogP contribution in [-0.4, -0.2) is 35.0 Å². The Hall–Kier alpha value is -1.06. The molecule has 1 heterocycles. The van der Waals surface area contributed by atoms with Crippen molar-refractivity contribution in [1.29, 1.82) is 0 Å². The van der Waals surface area contributed by atoms with Crippen molar-refractivity contribution in [1.82, 2.24) is 4.90 Å². The molecule has 0 radical (unpaired) electrons. The number of amides is 1. The van der Waals surface area contributed by atoms with Gasteiger partial charge in [-0.2, -0.15) is 0 Å². The van der Waals surface area contributed by atoms with Crippen LogP contribution in [0.2, 0.25) is 0 Å². The van der Waals surface area contributed by atoms with E-state index in [1.165, 1.54) is 0 Å². The van der Waals surface area contributed by atoms with Gasteiger partial charge in [-0.3, -0.25) is 9.59 Å². The zero-order chi connectivity index (χ0) is 12.6. The highest BCUT2D eigenvalue weighted by Crippen LogP contribution is 2.52. The summed E-state index contributed by atoms with van der Waals surface area (Å²) in [5.74, 6) is 0.0177. The normalized spacial score (nSPS) is 27.9. The van der Waals surface area contributed by atoms with E-state index in [4.69, 9.17) is 5.11 Å². The first kappa shape index (κ1) is 12.4. The van der Waals surface area contributed by atoms with Crippen LogP contribution in [0, 0.1) is 17.3 Å². The average Bonchev–Trinajstić information content (AvgIpc) is 2.87. The summed E-state index contributed by atoms with van der Waals surface area (Å²) in [7, 11) is 0. The number of piperidine rings is 1. The van der Waals surface area contributed by atoms with Crippen molar-refractivity contribution in [3.8, 4) is 0 Å². The van der Waals surface area contributed by atoms with Crippen molar-refractivity contribution < 1.29 is 14.7 Å². The summed E-state index contributed by atoms with van der Waals surface area (Å²) in [5.41, 5.74) is 0.189. The maximum Gasteiger partial charge on any atom is 0.303 e. The molecule has 1 aliphatic carbocycles. The molecular weight excluding hydrogens is 218 g/mol. The third-order valence-electron chi connectivity index (χ3n) is 4.20. The molecule has 17 heavy (non-hydrogen) atoms. The topological polar surface area (TPSA) is 57.6 Å². The molecule has 96 valence electrons. The van der Waals surface area contributed by atoms with Crippen molar-refractivity contribution in [2.24, 2.45) is 17.3 Å². The summed E-state index contributed by atoms with van der Waals surface area (Å²) in [6, 6.07) is 0. The number of aliphatic carboxylic acids is 1. The second kappa shape index (κ2) is 4.31. The quantitative estimate of drug-likeness (QED) is 0.816. The van der Waals surface area contributed by atoms with Crippen LogP contribution >= 0.6 is 0 Å². The molecule has 4 nitrogen and oxygen atoms in total. The molecule has 2 aliphatic rings. The molecule has 0 spiro atoms. The minimum absolute atomic E-state index is 0.189. The predicted octanol–water partition coefficient (Wildman–Crippen LogP) is 1.75. The van der Waals surface area contributed by atoms with E-state index >= 15 is 0 Å². The Morgan fingerprint density at radius 2 is 1.82 bits per heavy atom. The molecule has 4 heteroatoms. The van der Waals surface area contributed by atoms with E-state index in [0.29, 0.717) is 0 Å². The number of carbonyl (C=O) groups excluding carboxylic acids is 1. The molecule has 1 N–H and O–H groups in total. The molecule has 0 aromatic rings. The molecule has 1 saturated carbocycles. The fourth-order valence-corrected chi connectivity index (χ4v) is 2.71. The predicted molar refractivity (Wildman–Crippen MR) is 63.4 cm³/mol. The molecule has 0 bridgehead atoms. The second-order valence-corrected chi connectivity index (χ2v) is 6.11. The first-order valence-electron chi connectivity index (χ1n) is 6.41. The van der Waals surface area contributed by atoms with Gasteiger partial charge in [0.1, 0.15) is 0 Å². The Kier molecular flexibility index (Phi) is 3.15. The van der Waals surface area contributed by atoms with Crippen LogP contribution in [0.5, 0.6) is 0 Å². The number of hydrogen-bond donors (Lipinski definition) is 1. The molecule has 2 rings (SSSR count). The lowest BCUT2D eigenvalue weighted by Gasteiger charge is -2.31. The number of likely N-dealkylation sites (tertiary alicyclic amines) is 1. The highest BCUT2D eigenvalue weighted by molar-refractivity contribution is 5.82. The van der Waals surface area contributed by atoms with Crippen molar-refractivity contribution in [3.05, 3.63) is 0 Å². The van der Waals surface area contributed by atoms with Gasteiger partial charge < -0.3 is 10.0 Å². The molecule has 1 amide bonds. The van der Waals surface area contributed by atoms with Crippen LogP contribution in [0.25, 0.3) is 0 Å². The standard InChI is InChI=1S/C13H21NO3/c1-13(2)8-10(13)12(17)14-5-3-9(4-6-14)7-11(15)16/h9-10H,3-8H2,1-2H3,(H,15,16)/t10-/m1/s1. The maximum atomic E-state index is 12.1. The summed E-state index contributed by atoms with van der Waals surface area (Å²) in [6.45, 7) is 5.74. The number of hydrogen-bond acceptors (Lipinski definition) is 2. The van der Waals surface area contributed by atoms with Crippen molar-refractivity contribution in [3.63, 3.8) is 0 Å². The second-order valence-electron chi connectivity index (χ2n) is 6.11. The number of carboxylic acids is 1. The van der Waals surface area contributed by atoms with E-state index in [0.717, 1.165) is 32.4 Å². The first-order chi connectivity index (χ1) is 7.90. The zero-order valence-electron chi connectivity index (χ0n) is 10.6. The highest BCUT2D eigenvalue weighted by Gasteiger charge is 2.52. The Bertz CT molecular complexity index is 330. The van der Waals surface area contributed by atoms with E-state index in [2.05, 4.69) is 13.8 Å². The molecular formula is C13H21NO3. The minimum Gasteiger partial charge on any atom is -0.481 e. The summed E-state index contributed by atoms with van der Waals surface area (Å²) in [4.78, 5) is 24.6. The lowest BCUT2D eigenvalue weighted by Crippen LogP contribution is -2.40. The van der Waals surface area contributed by atoms with Crippen LogP contribution in [0.3, 0.4) is 0 Å². The van der Waals surface area contributed by atoms with E-state index in [1.807, 2.05) is 4.90 Å². The molecule has 1 atom stereocenters. The van der Waals surface area contributed by atoms with E-state index in [9.17, 15) is 9.59 Å². The van der Waals surface area contributed by atoms with Crippen LogP contribution in [0.15, 0.2) is 0 Å². The minimum atomic E-state index is -0.724. The van der Waals surface area contributed by atoms with Gasteiger partial charge in [0.15, 0.2) is 0 Å². The number of carboxylic acid groups (broad SMARTS) is 1. The van der Waals surface area contributed by atoms with Crippen LogP contribution in [0.4, 0.5) is 0 Å². The fourth-order valence-electron chi connectivity index (χ4n) is 2.71. The van der Waals surface area contributed by atoms with Gasteiger partial charge in [-0.05, 0) is 30.6 Å². The van der Waals surface area contributed by atoms with Crippen molar-refractivity contribution >= 4 is 11.9 Å². The smallest absolute Gasteiger partial charge is 0.303 e. The van der Waals surface area contributed by atoms with Gasteiger partial charge in [0.25, 0.3) is 0 Å². The summed E-state index contributed by atoms with van der Waals surface area (Å²) in [5, 5.41) is 8.73. The maximum absolute atomic E-state index is 12.1. The lowest BCUT2D eigenvalue weighted by atomic mass is 9.93. The summed E-state index contributed by atoms with van der Waals surface area (Å²) < 4.78 is 0. The van der Waals surface area contributed by atoms with Gasteiger partial charge in [0.05, 0.1) is 0 Å². The van der Waals surface area contributed by atoms with Gasteiger partial charge in [-0.15, -0.1) is 0 Å². The van der Waals surface area contributed by atoms with Crippen LogP contribution in [0.1, 0.15) is 39.5 Å². The fraction of sp³-hybridized carbons (Fsp3) is 0.846. The third-order valence-corrected chi connectivity index (χ3v) is 4.20. The Morgan fingerprint density at radius 3 is 2.24 bits per heavy atom. The number of carbonyl (C=O) groups is 2. The Balaban J connectivity index is 1.79. The molecule has 1 saturated heterocycles. The Morgan fingerprint density at radius 1 is 1.29 bits per heavy atom. The van der Waals surface area contributed by atoms with E-state index in [1.54, 1.807) is 0 Å². The lowest BCUT2D eigenvalue weighted by molar-refractivity contribution is -0.139. The summed E-state index contributed by atoms with van der Waals surface area (Å²) >= 11 is 0. The molecule has 1 aliphatic heterocycles. The van der Waals surface area contributed by atoms with Gasteiger partial charge in [-0.25, -0.2) is 0 Å². The first-order valence-corrected chi connectivity index (χ1v) is 6.41. The largest absolute Gasteiger partial charge is 0.481 e. The van der Waals surface area contributed by atoms with Crippen molar-refractivity contribution in [2.45, 2.75) is 39.5 Å². The van der Waals surface area contributed by atoms with Crippen LogP contribution in [-0.2, 0) is 9.59 Å². The van der Waals surface area contributed by atoms with Crippen molar-refractivity contribution in [2.75, 3.05) is 13.1 Å². The van der Waals surface area contributed by atoms with Gasteiger partial charge >= 0.3 is 5.97 Å². The Labute approximate surface area is 102 Å². The highest BCUT2D eigenvalue weighted by atomic mass is 16.4. The van der Waals surface area contributed by atoms with Crippen LogP contribution < -0.4 is 0 Å². The monoisotopic (exact) mass is 239 g/mol. The average molecular weight is 239 g/mol. The number of nitrogens with zero attached hydrogens (tertiary/aromatic N) is 1. The van der Waals surface area contributed by atoms with Gasteiger partial charge in [0, 0.05) is 25.4 Å². The molecule has 0 aromatic heterocycles. The third kappa shape index (κ3) is 2.79. The SMILES string of the molecule is CC1(C)C[C@@H]1C(=O)N1CCC(CC(=O)O)CC1. The molecule has 0 aromatic carbocycles. The van der Waals surface area contributed by atoms with Gasteiger partial charge in [-0.1, -0.05) is 13.8 Å². The van der Waals surface area contributed by atoms with E-state index < -0.39 is 5.97 Å². The zero-order valence-corrected chi connectivity index (χ0v) is 10.6. The van der Waals surface area contributed by atoms with Gasteiger partial charge in [0.2, 0.25) is 5.91 Å². The summed E-state index contributed by atoms with van der Waals surface area (Å²) in [6.07, 6.45) is 2.92.